The fourth-order valence-corrected chi connectivity index (χ4v) is 2.13. The molecule has 0 aliphatic heterocycles. The van der Waals surface area contributed by atoms with E-state index >= 15 is 0 Å². The third kappa shape index (κ3) is 2.87. The van der Waals surface area contributed by atoms with Gasteiger partial charge in [0, 0.05) is 25.2 Å². The molecule has 20 heavy (non-hydrogen) atoms. The monoisotopic (exact) mass is 273 g/mol. The van der Waals surface area contributed by atoms with Crippen LogP contribution in [0.2, 0.25) is 0 Å². The van der Waals surface area contributed by atoms with Crippen molar-refractivity contribution in [2.24, 2.45) is 7.05 Å². The zero-order valence-corrected chi connectivity index (χ0v) is 11.8. The summed E-state index contributed by atoms with van der Waals surface area (Å²) in [7, 11) is 1.63. The molecule has 2 heterocycles. The second-order valence-corrected chi connectivity index (χ2v) is 4.80. The molecule has 1 N–H and O–H groups in total. The molecule has 5 nitrogen and oxygen atoms in total. The van der Waals surface area contributed by atoms with Gasteiger partial charge in [0.25, 0.3) is 11.5 Å². The molecule has 2 rings (SSSR count). The van der Waals surface area contributed by atoms with Gasteiger partial charge in [-0.25, -0.2) is 4.98 Å². The van der Waals surface area contributed by atoms with Gasteiger partial charge >= 0.3 is 0 Å². The molecule has 0 unspecified atom stereocenters. The number of pyridine rings is 2. The van der Waals surface area contributed by atoms with E-state index in [1.54, 1.807) is 25.4 Å². The average molecular weight is 273 g/mol. The topological polar surface area (TPSA) is 64.0 Å². The quantitative estimate of drug-likeness (QED) is 0.846. The van der Waals surface area contributed by atoms with Crippen LogP contribution < -0.4 is 10.9 Å². The molecule has 0 fully saturated rings. The van der Waals surface area contributed by atoms with Gasteiger partial charge in [0.1, 0.15) is 11.2 Å². The molecule has 1 amide bonds. The maximum absolute atomic E-state index is 12.2. The first-order valence-corrected chi connectivity index (χ1v) is 6.88. The third-order valence-corrected chi connectivity index (χ3v) is 3.28. The molecule has 2 aromatic heterocycles. The summed E-state index contributed by atoms with van der Waals surface area (Å²) in [6, 6.07) is 5.24. The number of nitrogens with one attached hydrogen (secondary N) is 1. The van der Waals surface area contributed by atoms with Crippen LogP contribution in [-0.2, 0) is 7.05 Å². The first kappa shape index (κ1) is 14.2. The fraction of sp³-hybridized carbons (Fsp3) is 0.400. The van der Waals surface area contributed by atoms with Gasteiger partial charge < -0.3 is 5.32 Å². The number of aromatic nitrogens is 2. The van der Waals surface area contributed by atoms with Crippen molar-refractivity contribution in [2.45, 2.75) is 26.2 Å². The Morgan fingerprint density at radius 1 is 1.40 bits per heavy atom. The molecule has 2 aromatic rings. The Kier molecular flexibility index (Phi) is 4.50. The van der Waals surface area contributed by atoms with E-state index in [0.717, 1.165) is 24.6 Å². The van der Waals surface area contributed by atoms with Crippen LogP contribution in [0.25, 0.3) is 11.0 Å². The van der Waals surface area contributed by atoms with Gasteiger partial charge in [-0.15, -0.1) is 0 Å². The highest BCUT2D eigenvalue weighted by atomic mass is 16.2. The van der Waals surface area contributed by atoms with Crippen LogP contribution in [0.4, 0.5) is 0 Å². The summed E-state index contributed by atoms with van der Waals surface area (Å²) >= 11 is 0. The Morgan fingerprint density at radius 3 is 2.95 bits per heavy atom. The van der Waals surface area contributed by atoms with Crippen molar-refractivity contribution in [1.82, 2.24) is 14.9 Å². The van der Waals surface area contributed by atoms with E-state index in [0.29, 0.717) is 12.2 Å². The molecule has 0 atom stereocenters. The highest BCUT2D eigenvalue weighted by Gasteiger charge is 2.13. The maximum Gasteiger partial charge on any atom is 0.264 e. The summed E-state index contributed by atoms with van der Waals surface area (Å²) in [6.07, 6.45) is 4.73. The Labute approximate surface area is 117 Å². The van der Waals surface area contributed by atoms with Crippen molar-refractivity contribution < 1.29 is 4.79 Å². The normalized spacial score (nSPS) is 10.7. The minimum atomic E-state index is -0.316. The standard InChI is InChI=1S/C15H19N3O2/c1-3-4-5-8-17-14(19)12-10-11-7-6-9-16-13(11)18(2)15(12)20/h6-7,9-10H,3-5,8H2,1-2H3,(H,17,19). The number of carbonyl (C=O) groups excluding carboxylic acids is 1. The lowest BCUT2D eigenvalue weighted by Gasteiger charge is -2.08. The van der Waals surface area contributed by atoms with E-state index in [4.69, 9.17) is 0 Å². The Balaban J connectivity index is 2.28. The molecule has 0 aliphatic rings. The minimum absolute atomic E-state index is 0.171. The number of carbonyl (C=O) groups is 1. The lowest BCUT2D eigenvalue weighted by atomic mass is 10.2. The number of hydrogen-bond donors (Lipinski definition) is 1. The highest BCUT2D eigenvalue weighted by molar-refractivity contribution is 5.96. The van der Waals surface area contributed by atoms with Crippen LogP contribution >= 0.6 is 0 Å². The Morgan fingerprint density at radius 2 is 2.20 bits per heavy atom. The van der Waals surface area contributed by atoms with E-state index in [-0.39, 0.29) is 17.0 Å². The molecule has 106 valence electrons. The van der Waals surface area contributed by atoms with Crippen LogP contribution in [-0.4, -0.2) is 22.0 Å². The Hall–Kier alpha value is -2.17. The lowest BCUT2D eigenvalue weighted by molar-refractivity contribution is 0.0951. The van der Waals surface area contributed by atoms with Gasteiger partial charge in [0.2, 0.25) is 0 Å². The van der Waals surface area contributed by atoms with Gasteiger partial charge in [-0.05, 0) is 24.6 Å². The van der Waals surface area contributed by atoms with Crippen molar-refractivity contribution in [3.8, 4) is 0 Å². The highest BCUT2D eigenvalue weighted by Crippen LogP contribution is 2.09. The van der Waals surface area contributed by atoms with Crippen molar-refractivity contribution in [2.75, 3.05) is 6.54 Å². The SMILES string of the molecule is CCCCCNC(=O)c1cc2cccnc2n(C)c1=O. The number of amides is 1. The predicted octanol–water partition coefficient (Wildman–Crippen LogP) is 1.85. The third-order valence-electron chi connectivity index (χ3n) is 3.28. The summed E-state index contributed by atoms with van der Waals surface area (Å²) < 4.78 is 1.41. The van der Waals surface area contributed by atoms with Crippen molar-refractivity contribution in [3.05, 3.63) is 40.3 Å². The molecule has 0 aromatic carbocycles. The van der Waals surface area contributed by atoms with E-state index in [1.165, 1.54) is 4.57 Å². The minimum Gasteiger partial charge on any atom is -0.352 e. The largest absolute Gasteiger partial charge is 0.352 e. The van der Waals surface area contributed by atoms with Crippen molar-refractivity contribution in [3.63, 3.8) is 0 Å². The van der Waals surface area contributed by atoms with Gasteiger partial charge in [-0.3, -0.25) is 14.2 Å². The number of unbranched alkanes of at least 4 members (excludes halogenated alkanes) is 2. The van der Waals surface area contributed by atoms with Gasteiger partial charge in [0.15, 0.2) is 0 Å². The zero-order chi connectivity index (χ0) is 14.5. The molecule has 0 bridgehead atoms. The van der Waals surface area contributed by atoms with Crippen LogP contribution in [0.15, 0.2) is 29.2 Å². The summed E-state index contributed by atoms with van der Waals surface area (Å²) in [5.74, 6) is -0.313. The zero-order valence-electron chi connectivity index (χ0n) is 11.8. The number of rotatable bonds is 5. The predicted molar refractivity (Wildman–Crippen MR) is 78.8 cm³/mol. The van der Waals surface area contributed by atoms with Crippen LogP contribution in [0.5, 0.6) is 0 Å². The fourth-order valence-electron chi connectivity index (χ4n) is 2.13. The molecule has 0 saturated carbocycles. The Bertz CT molecular complexity index is 676. The first-order chi connectivity index (χ1) is 9.65. The summed E-state index contributed by atoms with van der Waals surface area (Å²) in [5, 5.41) is 3.58. The molecule has 0 aliphatic carbocycles. The van der Waals surface area contributed by atoms with E-state index < -0.39 is 0 Å². The number of nitrogens with zero attached hydrogens (tertiary/aromatic N) is 2. The van der Waals surface area contributed by atoms with Crippen molar-refractivity contribution >= 4 is 16.9 Å². The van der Waals surface area contributed by atoms with Gasteiger partial charge in [-0.2, -0.15) is 0 Å². The van der Waals surface area contributed by atoms with E-state index in [9.17, 15) is 9.59 Å². The summed E-state index contributed by atoms with van der Waals surface area (Å²) in [4.78, 5) is 28.4. The van der Waals surface area contributed by atoms with Crippen LogP contribution in [0.1, 0.15) is 36.5 Å². The van der Waals surface area contributed by atoms with Crippen molar-refractivity contribution in [1.29, 1.82) is 0 Å². The molecular weight excluding hydrogens is 254 g/mol. The molecule has 0 saturated heterocycles. The summed E-state index contributed by atoms with van der Waals surface area (Å²) in [5.41, 5.74) is 0.439. The summed E-state index contributed by atoms with van der Waals surface area (Å²) in [6.45, 7) is 2.70. The smallest absolute Gasteiger partial charge is 0.264 e. The second-order valence-electron chi connectivity index (χ2n) is 4.80. The number of aryl methyl sites for hydroxylation is 1. The first-order valence-electron chi connectivity index (χ1n) is 6.88. The van der Waals surface area contributed by atoms with Gasteiger partial charge in [-0.1, -0.05) is 19.8 Å². The maximum atomic E-state index is 12.2. The molecular formula is C15H19N3O2. The number of fused-ring (bicyclic) bond motifs is 1. The number of hydrogen-bond acceptors (Lipinski definition) is 3. The molecule has 5 heteroatoms. The molecule has 0 radical (unpaired) electrons. The van der Waals surface area contributed by atoms with E-state index in [2.05, 4.69) is 17.2 Å². The van der Waals surface area contributed by atoms with Crippen LogP contribution in [0.3, 0.4) is 0 Å². The molecule has 0 spiro atoms. The van der Waals surface area contributed by atoms with Crippen LogP contribution in [0, 0.1) is 0 Å². The van der Waals surface area contributed by atoms with Gasteiger partial charge in [0.05, 0.1) is 0 Å². The average Bonchev–Trinajstić information content (AvgIpc) is 2.47. The second kappa shape index (κ2) is 6.32. The van der Waals surface area contributed by atoms with E-state index in [1.807, 2.05) is 6.07 Å². The lowest BCUT2D eigenvalue weighted by Crippen LogP contribution is -2.33.